The van der Waals surface area contributed by atoms with E-state index in [1.807, 2.05) is 6.92 Å². The molecule has 1 saturated heterocycles. The van der Waals surface area contributed by atoms with Gasteiger partial charge in [0.05, 0.1) is 11.1 Å². The number of aliphatic carboxylic acids is 1. The van der Waals surface area contributed by atoms with E-state index in [4.69, 9.17) is 5.11 Å². The average molecular weight is 387 g/mol. The number of nitrogens with one attached hydrogen (secondary N) is 2. The monoisotopic (exact) mass is 387 g/mol. The molecule has 0 aromatic heterocycles. The Morgan fingerprint density at radius 2 is 2.04 bits per heavy atom. The predicted molar refractivity (Wildman–Crippen MR) is 97.7 cm³/mol. The van der Waals surface area contributed by atoms with Gasteiger partial charge in [-0.3, -0.25) is 34.2 Å². The summed E-state index contributed by atoms with van der Waals surface area (Å²) in [4.78, 5) is 61.0. The van der Waals surface area contributed by atoms with Crippen LogP contribution in [0.3, 0.4) is 0 Å². The molecule has 9 heteroatoms. The Kier molecular flexibility index (Phi) is 5.43. The molecule has 3 N–H and O–H groups in total. The van der Waals surface area contributed by atoms with Gasteiger partial charge in [0, 0.05) is 24.6 Å². The number of fused-ring (bicyclic) bond motifs is 1. The van der Waals surface area contributed by atoms with E-state index in [0.29, 0.717) is 18.5 Å². The molecular formula is C19H21N3O6. The maximum atomic E-state index is 13.0. The topological polar surface area (TPSA) is 133 Å². The van der Waals surface area contributed by atoms with Gasteiger partial charge in [-0.2, -0.15) is 0 Å². The second kappa shape index (κ2) is 7.79. The van der Waals surface area contributed by atoms with E-state index in [1.54, 1.807) is 12.1 Å². The van der Waals surface area contributed by atoms with Gasteiger partial charge in [0.1, 0.15) is 6.04 Å². The number of hydrogen-bond donors (Lipinski definition) is 3. The number of carbonyl (C=O) groups excluding carboxylic acids is 4. The highest BCUT2D eigenvalue weighted by atomic mass is 16.4. The largest absolute Gasteiger partial charge is 0.481 e. The molecule has 0 aliphatic carbocycles. The van der Waals surface area contributed by atoms with Crippen molar-refractivity contribution < 1.29 is 29.1 Å². The minimum Gasteiger partial charge on any atom is -0.481 e. The zero-order chi connectivity index (χ0) is 20.4. The maximum absolute atomic E-state index is 13.0. The molecule has 0 spiro atoms. The number of carbonyl (C=O) groups is 5. The first kappa shape index (κ1) is 19.5. The van der Waals surface area contributed by atoms with Crippen LogP contribution in [0.4, 0.5) is 5.69 Å². The van der Waals surface area contributed by atoms with Gasteiger partial charge in [0.2, 0.25) is 11.8 Å². The van der Waals surface area contributed by atoms with Crippen LogP contribution in [-0.4, -0.2) is 51.7 Å². The third-order valence-electron chi connectivity index (χ3n) is 5.03. The van der Waals surface area contributed by atoms with Crippen LogP contribution in [0, 0.1) is 0 Å². The fraction of sp³-hybridized carbons (Fsp3) is 0.421. The lowest BCUT2D eigenvalue weighted by molar-refractivity contribution is -0.138. The zero-order valence-electron chi connectivity index (χ0n) is 15.4. The van der Waals surface area contributed by atoms with Crippen LogP contribution in [0.2, 0.25) is 0 Å². The highest BCUT2D eigenvalue weighted by Crippen LogP contribution is 2.33. The maximum Gasteiger partial charge on any atom is 0.303 e. The van der Waals surface area contributed by atoms with Crippen molar-refractivity contribution in [3.8, 4) is 0 Å². The second-order valence-corrected chi connectivity index (χ2v) is 6.86. The van der Waals surface area contributed by atoms with Gasteiger partial charge in [-0.25, -0.2) is 0 Å². The number of hydrogen-bond acceptors (Lipinski definition) is 6. The normalized spacial score (nSPS) is 20.0. The van der Waals surface area contributed by atoms with Gasteiger partial charge in [-0.1, -0.05) is 13.0 Å². The van der Waals surface area contributed by atoms with E-state index in [1.165, 1.54) is 6.07 Å². The number of carboxylic acids is 1. The van der Waals surface area contributed by atoms with Crippen LogP contribution < -0.4 is 10.6 Å². The lowest BCUT2D eigenvalue weighted by Gasteiger charge is -2.28. The van der Waals surface area contributed by atoms with Crippen molar-refractivity contribution in [3.05, 3.63) is 29.3 Å². The van der Waals surface area contributed by atoms with Crippen LogP contribution in [0.15, 0.2) is 18.2 Å². The zero-order valence-corrected chi connectivity index (χ0v) is 15.4. The first-order valence-corrected chi connectivity index (χ1v) is 9.16. The van der Waals surface area contributed by atoms with Gasteiger partial charge < -0.3 is 10.4 Å². The van der Waals surface area contributed by atoms with E-state index >= 15 is 0 Å². The summed E-state index contributed by atoms with van der Waals surface area (Å²) in [6.45, 7) is 1.89. The molecule has 2 heterocycles. The molecule has 2 atom stereocenters. The smallest absolute Gasteiger partial charge is 0.303 e. The molecule has 0 saturated carbocycles. The SMILES string of the molecule is CCC(CCC(=O)O)Nc1cccc2c1C(=O)N(C1CCC(=O)NC1=O)C2=O. The summed E-state index contributed by atoms with van der Waals surface area (Å²) in [5.41, 5.74) is 0.793. The first-order chi connectivity index (χ1) is 13.3. The Morgan fingerprint density at radius 1 is 1.29 bits per heavy atom. The van der Waals surface area contributed by atoms with Crippen LogP contribution in [0.25, 0.3) is 0 Å². The molecule has 1 fully saturated rings. The van der Waals surface area contributed by atoms with Crippen molar-refractivity contribution in [1.82, 2.24) is 10.2 Å². The number of nitrogens with zero attached hydrogens (tertiary/aromatic N) is 1. The third-order valence-corrected chi connectivity index (χ3v) is 5.03. The molecule has 1 aromatic carbocycles. The molecule has 2 unspecified atom stereocenters. The Hall–Kier alpha value is -3.23. The molecule has 9 nitrogen and oxygen atoms in total. The number of imide groups is 2. The Morgan fingerprint density at radius 3 is 2.68 bits per heavy atom. The summed E-state index contributed by atoms with van der Waals surface area (Å²) in [5, 5.41) is 14.2. The molecule has 0 radical (unpaired) electrons. The summed E-state index contributed by atoms with van der Waals surface area (Å²) in [6, 6.07) is 3.60. The van der Waals surface area contributed by atoms with Crippen molar-refractivity contribution in [2.24, 2.45) is 0 Å². The third kappa shape index (κ3) is 3.60. The molecule has 2 aliphatic heterocycles. The second-order valence-electron chi connectivity index (χ2n) is 6.86. The van der Waals surface area contributed by atoms with Crippen molar-refractivity contribution in [1.29, 1.82) is 0 Å². The summed E-state index contributed by atoms with van der Waals surface area (Å²) >= 11 is 0. The average Bonchev–Trinajstić information content (AvgIpc) is 2.90. The fourth-order valence-corrected chi connectivity index (χ4v) is 3.53. The van der Waals surface area contributed by atoms with Crippen molar-refractivity contribution in [2.75, 3.05) is 5.32 Å². The van der Waals surface area contributed by atoms with Crippen LogP contribution in [0.1, 0.15) is 59.7 Å². The highest BCUT2D eigenvalue weighted by molar-refractivity contribution is 6.25. The molecule has 28 heavy (non-hydrogen) atoms. The van der Waals surface area contributed by atoms with E-state index < -0.39 is 35.6 Å². The van der Waals surface area contributed by atoms with Crippen LogP contribution in [0.5, 0.6) is 0 Å². The number of anilines is 1. The standard InChI is InChI=1S/C19H21N3O6/c1-2-10(6-9-15(24)25)20-12-5-3-4-11-16(12)19(28)22(18(11)27)13-7-8-14(23)21-17(13)26/h3-5,10,13,20H,2,6-9H2,1H3,(H,24,25)(H,21,23,26). The minimum absolute atomic E-state index is 0.0180. The molecule has 148 valence electrons. The van der Waals surface area contributed by atoms with Gasteiger partial charge in [-0.05, 0) is 31.4 Å². The van der Waals surface area contributed by atoms with Crippen molar-refractivity contribution >= 4 is 35.3 Å². The lowest BCUT2D eigenvalue weighted by Crippen LogP contribution is -2.54. The fourth-order valence-electron chi connectivity index (χ4n) is 3.53. The molecular weight excluding hydrogens is 366 g/mol. The van der Waals surface area contributed by atoms with E-state index in [0.717, 1.165) is 4.90 Å². The molecule has 3 rings (SSSR count). The number of amides is 4. The van der Waals surface area contributed by atoms with E-state index in [9.17, 15) is 24.0 Å². The highest BCUT2D eigenvalue weighted by Gasteiger charge is 2.45. The number of rotatable bonds is 7. The van der Waals surface area contributed by atoms with Crippen LogP contribution >= 0.6 is 0 Å². The quantitative estimate of drug-likeness (QED) is 0.598. The van der Waals surface area contributed by atoms with Gasteiger partial charge in [0.15, 0.2) is 0 Å². The van der Waals surface area contributed by atoms with Gasteiger partial charge in [0.25, 0.3) is 11.8 Å². The van der Waals surface area contributed by atoms with Gasteiger partial charge >= 0.3 is 5.97 Å². The molecule has 1 aromatic rings. The minimum atomic E-state index is -1.02. The Balaban J connectivity index is 1.86. The van der Waals surface area contributed by atoms with E-state index in [2.05, 4.69) is 10.6 Å². The molecule has 0 bridgehead atoms. The van der Waals surface area contributed by atoms with Crippen molar-refractivity contribution in [2.45, 2.75) is 51.1 Å². The summed E-state index contributed by atoms with van der Waals surface area (Å²) in [6.07, 6.45) is 1.14. The molecule has 2 aliphatic rings. The Bertz CT molecular complexity index is 865. The summed E-state index contributed by atoms with van der Waals surface area (Å²) in [7, 11) is 0. The lowest BCUT2D eigenvalue weighted by atomic mass is 10.0. The predicted octanol–water partition coefficient (Wildman–Crippen LogP) is 1.14. The number of benzene rings is 1. The summed E-state index contributed by atoms with van der Waals surface area (Å²) in [5.74, 6) is -3.16. The van der Waals surface area contributed by atoms with Gasteiger partial charge in [-0.15, -0.1) is 0 Å². The molecule has 4 amide bonds. The van der Waals surface area contributed by atoms with E-state index in [-0.39, 0.29) is 36.4 Å². The van der Waals surface area contributed by atoms with Crippen LogP contribution in [-0.2, 0) is 14.4 Å². The summed E-state index contributed by atoms with van der Waals surface area (Å²) < 4.78 is 0. The number of piperidine rings is 1. The van der Waals surface area contributed by atoms with Crippen molar-refractivity contribution in [3.63, 3.8) is 0 Å². The number of carboxylic acid groups (broad SMARTS) is 1. The first-order valence-electron chi connectivity index (χ1n) is 9.16. The Labute approximate surface area is 161 Å².